The molecule has 0 radical (unpaired) electrons. The van der Waals surface area contributed by atoms with Gasteiger partial charge in [0, 0.05) is 24.3 Å². The first kappa shape index (κ1) is 16.2. The number of aromatic nitrogens is 1. The highest BCUT2D eigenvalue weighted by atomic mass is 35.5. The molecule has 1 aliphatic heterocycles. The highest BCUT2D eigenvalue weighted by Crippen LogP contribution is 2.15. The Balaban J connectivity index is 1.73. The van der Waals surface area contributed by atoms with E-state index in [0.717, 1.165) is 19.0 Å². The van der Waals surface area contributed by atoms with Gasteiger partial charge in [0.25, 0.3) is 5.91 Å². The van der Waals surface area contributed by atoms with Gasteiger partial charge in [0.1, 0.15) is 5.69 Å². The standard InChI is InChI=1S/C15H22ClN3O2/c1-11-3-6-19(7-4-11)10-13(20)9-18-15(21)14-8-12(16)2-5-17-14/h2,5,8,11,13,20H,3-4,6-7,9-10H2,1H3,(H,18,21). The lowest BCUT2D eigenvalue weighted by molar-refractivity contribution is 0.0792. The summed E-state index contributed by atoms with van der Waals surface area (Å²) in [6.45, 7) is 5.10. The molecule has 0 bridgehead atoms. The van der Waals surface area contributed by atoms with Gasteiger partial charge >= 0.3 is 0 Å². The minimum atomic E-state index is -0.568. The normalized spacial score (nSPS) is 18.4. The lowest BCUT2D eigenvalue weighted by Crippen LogP contribution is -2.43. The SMILES string of the molecule is CC1CCN(CC(O)CNC(=O)c2cc(Cl)ccn2)CC1. The molecule has 1 aromatic heterocycles. The Kier molecular flexibility index (Phi) is 5.96. The van der Waals surface area contributed by atoms with Gasteiger partial charge in [0.2, 0.25) is 0 Å². The monoisotopic (exact) mass is 311 g/mol. The largest absolute Gasteiger partial charge is 0.390 e. The van der Waals surface area contributed by atoms with Crippen molar-refractivity contribution in [2.45, 2.75) is 25.9 Å². The minimum absolute atomic E-state index is 0.221. The van der Waals surface area contributed by atoms with Crippen LogP contribution in [0.3, 0.4) is 0 Å². The van der Waals surface area contributed by atoms with Crippen molar-refractivity contribution in [3.8, 4) is 0 Å². The molecule has 0 aliphatic carbocycles. The summed E-state index contributed by atoms with van der Waals surface area (Å²) in [5.74, 6) is 0.454. The van der Waals surface area contributed by atoms with Crippen LogP contribution in [0.2, 0.25) is 5.02 Å². The number of likely N-dealkylation sites (tertiary alicyclic amines) is 1. The second-order valence-electron chi connectivity index (χ2n) is 5.71. The van der Waals surface area contributed by atoms with Gasteiger partial charge in [-0.15, -0.1) is 0 Å². The lowest BCUT2D eigenvalue weighted by Gasteiger charge is -2.31. The maximum atomic E-state index is 11.9. The minimum Gasteiger partial charge on any atom is -0.390 e. The second kappa shape index (κ2) is 7.73. The maximum Gasteiger partial charge on any atom is 0.270 e. The average molecular weight is 312 g/mol. The summed E-state index contributed by atoms with van der Waals surface area (Å²) in [5.41, 5.74) is 0.265. The van der Waals surface area contributed by atoms with Gasteiger partial charge < -0.3 is 15.3 Å². The number of aliphatic hydroxyl groups excluding tert-OH is 1. The number of carbonyl (C=O) groups is 1. The molecule has 1 fully saturated rings. The third-order valence-corrected chi connectivity index (χ3v) is 4.03. The molecule has 2 rings (SSSR count). The van der Waals surface area contributed by atoms with Crippen molar-refractivity contribution < 1.29 is 9.90 Å². The first-order chi connectivity index (χ1) is 10.0. The van der Waals surface area contributed by atoms with E-state index in [1.54, 1.807) is 6.07 Å². The number of pyridine rings is 1. The van der Waals surface area contributed by atoms with Crippen molar-refractivity contribution in [2.24, 2.45) is 5.92 Å². The van der Waals surface area contributed by atoms with Gasteiger partial charge in [0.15, 0.2) is 0 Å². The predicted molar refractivity (Wildman–Crippen MR) is 82.4 cm³/mol. The topological polar surface area (TPSA) is 65.5 Å². The number of carbonyl (C=O) groups excluding carboxylic acids is 1. The molecule has 116 valence electrons. The molecule has 1 aromatic rings. The quantitative estimate of drug-likeness (QED) is 0.866. The Morgan fingerprint density at radius 3 is 2.95 bits per heavy atom. The summed E-state index contributed by atoms with van der Waals surface area (Å²) in [4.78, 5) is 18.1. The van der Waals surface area contributed by atoms with Crippen LogP contribution >= 0.6 is 11.6 Å². The highest BCUT2D eigenvalue weighted by molar-refractivity contribution is 6.30. The zero-order valence-electron chi connectivity index (χ0n) is 12.3. The number of piperidine rings is 1. The third-order valence-electron chi connectivity index (χ3n) is 3.80. The molecule has 5 nitrogen and oxygen atoms in total. The van der Waals surface area contributed by atoms with Crippen molar-refractivity contribution in [2.75, 3.05) is 26.2 Å². The molecule has 0 spiro atoms. The van der Waals surface area contributed by atoms with Crippen LogP contribution < -0.4 is 5.32 Å². The van der Waals surface area contributed by atoms with Crippen LogP contribution in [0.25, 0.3) is 0 Å². The summed E-state index contributed by atoms with van der Waals surface area (Å²) in [6.07, 6.45) is 3.26. The number of nitrogens with zero attached hydrogens (tertiary/aromatic N) is 2. The first-order valence-electron chi connectivity index (χ1n) is 7.35. The summed E-state index contributed by atoms with van der Waals surface area (Å²) in [5, 5.41) is 13.2. The van der Waals surface area contributed by atoms with Crippen LogP contribution in [0.1, 0.15) is 30.3 Å². The number of rotatable bonds is 5. The number of β-amino-alcohol motifs (C(OH)–C–C–N with tert-alkyl or cyclic N) is 1. The average Bonchev–Trinajstić information content (AvgIpc) is 2.47. The van der Waals surface area contributed by atoms with Crippen LogP contribution in [-0.2, 0) is 0 Å². The first-order valence-corrected chi connectivity index (χ1v) is 7.72. The van der Waals surface area contributed by atoms with Crippen molar-refractivity contribution in [1.29, 1.82) is 0 Å². The fraction of sp³-hybridized carbons (Fsp3) is 0.600. The smallest absolute Gasteiger partial charge is 0.270 e. The van der Waals surface area contributed by atoms with E-state index in [1.165, 1.54) is 25.1 Å². The fourth-order valence-corrected chi connectivity index (χ4v) is 2.60. The van der Waals surface area contributed by atoms with E-state index in [9.17, 15) is 9.90 Å². The Morgan fingerprint density at radius 2 is 2.29 bits per heavy atom. The van der Waals surface area contributed by atoms with Crippen LogP contribution in [-0.4, -0.2) is 53.2 Å². The molecule has 0 aromatic carbocycles. The van der Waals surface area contributed by atoms with Crippen LogP contribution in [0.4, 0.5) is 0 Å². The lowest BCUT2D eigenvalue weighted by atomic mass is 9.99. The Hall–Kier alpha value is -1.17. The molecule has 21 heavy (non-hydrogen) atoms. The van der Waals surface area contributed by atoms with E-state index >= 15 is 0 Å². The fourth-order valence-electron chi connectivity index (χ4n) is 2.44. The molecule has 6 heteroatoms. The number of amides is 1. The summed E-state index contributed by atoms with van der Waals surface area (Å²) >= 11 is 5.82. The summed E-state index contributed by atoms with van der Waals surface area (Å²) in [6, 6.07) is 3.12. The molecular formula is C15H22ClN3O2. The van der Waals surface area contributed by atoms with Crippen LogP contribution in [0.15, 0.2) is 18.3 Å². The van der Waals surface area contributed by atoms with Crippen molar-refractivity contribution in [3.63, 3.8) is 0 Å². The Labute approximate surface area is 130 Å². The van der Waals surface area contributed by atoms with Gasteiger partial charge in [-0.05, 0) is 44.0 Å². The number of aliphatic hydroxyl groups is 1. The molecule has 1 atom stereocenters. The molecule has 1 unspecified atom stereocenters. The number of nitrogens with one attached hydrogen (secondary N) is 1. The molecular weight excluding hydrogens is 290 g/mol. The maximum absolute atomic E-state index is 11.9. The Bertz CT molecular complexity index is 476. The zero-order chi connectivity index (χ0) is 15.2. The van der Waals surface area contributed by atoms with Crippen molar-refractivity contribution in [3.05, 3.63) is 29.0 Å². The van der Waals surface area contributed by atoms with E-state index in [2.05, 4.69) is 22.1 Å². The Morgan fingerprint density at radius 1 is 1.57 bits per heavy atom. The molecule has 0 saturated carbocycles. The number of hydrogen-bond acceptors (Lipinski definition) is 4. The van der Waals surface area contributed by atoms with Gasteiger partial charge in [-0.25, -0.2) is 0 Å². The van der Waals surface area contributed by atoms with Crippen LogP contribution in [0.5, 0.6) is 0 Å². The molecule has 1 saturated heterocycles. The predicted octanol–water partition coefficient (Wildman–Crippen LogP) is 1.56. The number of hydrogen-bond donors (Lipinski definition) is 2. The van der Waals surface area contributed by atoms with Crippen molar-refractivity contribution >= 4 is 17.5 Å². The van der Waals surface area contributed by atoms with Gasteiger partial charge in [-0.2, -0.15) is 0 Å². The van der Waals surface area contributed by atoms with E-state index in [0.29, 0.717) is 11.6 Å². The zero-order valence-corrected chi connectivity index (χ0v) is 13.0. The molecule has 1 amide bonds. The van der Waals surface area contributed by atoms with Gasteiger partial charge in [-0.1, -0.05) is 18.5 Å². The van der Waals surface area contributed by atoms with E-state index < -0.39 is 6.10 Å². The number of halogens is 1. The second-order valence-corrected chi connectivity index (χ2v) is 6.14. The molecule has 2 heterocycles. The molecule has 2 N–H and O–H groups in total. The highest BCUT2D eigenvalue weighted by Gasteiger charge is 2.18. The summed E-state index contributed by atoms with van der Waals surface area (Å²) in [7, 11) is 0. The van der Waals surface area contributed by atoms with E-state index in [4.69, 9.17) is 11.6 Å². The van der Waals surface area contributed by atoms with E-state index in [-0.39, 0.29) is 18.1 Å². The van der Waals surface area contributed by atoms with Crippen molar-refractivity contribution in [1.82, 2.24) is 15.2 Å². The summed E-state index contributed by atoms with van der Waals surface area (Å²) < 4.78 is 0. The van der Waals surface area contributed by atoms with E-state index in [1.807, 2.05) is 0 Å². The van der Waals surface area contributed by atoms with Gasteiger partial charge in [0.05, 0.1) is 6.10 Å². The third kappa shape index (κ3) is 5.26. The molecule has 1 aliphatic rings. The van der Waals surface area contributed by atoms with Crippen LogP contribution in [0, 0.1) is 5.92 Å². The van der Waals surface area contributed by atoms with Gasteiger partial charge in [-0.3, -0.25) is 9.78 Å².